The van der Waals surface area contributed by atoms with Crippen molar-refractivity contribution >= 4 is 31.5 Å². The van der Waals surface area contributed by atoms with Crippen molar-refractivity contribution < 1.29 is 21.6 Å². The predicted molar refractivity (Wildman–Crippen MR) is 77.6 cm³/mol. The summed E-state index contributed by atoms with van der Waals surface area (Å²) < 4.78 is 49.5. The Labute approximate surface area is 123 Å². The highest BCUT2D eigenvalue weighted by Crippen LogP contribution is 2.22. The van der Waals surface area contributed by atoms with E-state index < -0.39 is 31.8 Å². The fourth-order valence-corrected chi connectivity index (χ4v) is 3.77. The van der Waals surface area contributed by atoms with Crippen LogP contribution in [-0.2, 0) is 24.7 Å². The largest absolute Gasteiger partial charge is 0.398 e. The Morgan fingerprint density at radius 1 is 1.29 bits per heavy atom. The number of sulfonamides is 1. The summed E-state index contributed by atoms with van der Waals surface area (Å²) in [5.41, 5.74) is 10.5. The number of primary amides is 1. The van der Waals surface area contributed by atoms with E-state index in [9.17, 15) is 21.6 Å². The fourth-order valence-electron chi connectivity index (χ4n) is 1.65. The van der Waals surface area contributed by atoms with Gasteiger partial charge < -0.3 is 11.5 Å². The van der Waals surface area contributed by atoms with Crippen LogP contribution in [0.15, 0.2) is 28.0 Å². The smallest absolute Gasteiger partial charge is 0.242 e. The molecule has 0 saturated heterocycles. The first-order valence-corrected chi connectivity index (χ1v) is 9.21. The Balaban J connectivity index is 3.22. The third-order valence-corrected chi connectivity index (χ3v) is 5.32. The van der Waals surface area contributed by atoms with Gasteiger partial charge in [0.25, 0.3) is 0 Å². The maximum atomic E-state index is 12.2. The molecule has 10 heteroatoms. The van der Waals surface area contributed by atoms with Crippen molar-refractivity contribution in [2.24, 2.45) is 5.73 Å². The zero-order chi connectivity index (χ0) is 16.4. The highest BCUT2D eigenvalue weighted by atomic mass is 32.2. The molecule has 5 N–H and O–H groups in total. The van der Waals surface area contributed by atoms with Crippen LogP contribution in [0.3, 0.4) is 0 Å². The zero-order valence-corrected chi connectivity index (χ0v) is 13.2. The van der Waals surface area contributed by atoms with E-state index in [0.717, 1.165) is 12.3 Å². The number of amides is 1. The monoisotopic (exact) mass is 335 g/mol. The number of anilines is 1. The number of hydrogen-bond acceptors (Lipinski definition) is 6. The third kappa shape index (κ3) is 4.69. The van der Waals surface area contributed by atoms with Gasteiger partial charge in [0, 0.05) is 18.7 Å². The first kappa shape index (κ1) is 17.4. The van der Waals surface area contributed by atoms with Gasteiger partial charge in [-0.25, -0.2) is 21.6 Å². The normalized spacial score (nSPS) is 13.8. The number of carbonyl (C=O) groups excluding carboxylic acids is 1. The first-order valence-electron chi connectivity index (χ1n) is 5.83. The second-order valence-electron chi connectivity index (χ2n) is 4.66. The van der Waals surface area contributed by atoms with Crippen LogP contribution < -0.4 is 16.2 Å². The van der Waals surface area contributed by atoms with Gasteiger partial charge in [0.1, 0.15) is 4.90 Å². The molecule has 0 aliphatic carbocycles. The molecule has 0 radical (unpaired) electrons. The van der Waals surface area contributed by atoms with Crippen LogP contribution in [0.1, 0.15) is 13.3 Å². The van der Waals surface area contributed by atoms with E-state index in [2.05, 4.69) is 4.72 Å². The third-order valence-electron chi connectivity index (χ3n) is 2.57. The number of nitrogens with one attached hydrogen (secondary N) is 1. The van der Waals surface area contributed by atoms with Crippen molar-refractivity contribution in [3.05, 3.63) is 18.2 Å². The van der Waals surface area contributed by atoms with E-state index in [1.165, 1.54) is 19.1 Å². The van der Waals surface area contributed by atoms with Gasteiger partial charge in [-0.05, 0) is 25.1 Å². The van der Waals surface area contributed by atoms with E-state index >= 15 is 0 Å². The minimum absolute atomic E-state index is 0.0961. The standard InChI is InChI=1S/C11H17N3O5S2/c1-7(5-11(13)15)14-21(18,19)10-6-8(20(2,16)17)3-4-9(10)12/h3-4,6-7,14H,5,12H2,1-2H3,(H2,13,15). The van der Waals surface area contributed by atoms with Gasteiger partial charge in [-0.1, -0.05) is 0 Å². The summed E-state index contributed by atoms with van der Waals surface area (Å²) in [6, 6.07) is 2.65. The van der Waals surface area contributed by atoms with E-state index in [1.807, 2.05) is 0 Å². The minimum atomic E-state index is -4.07. The molecule has 118 valence electrons. The summed E-state index contributed by atoms with van der Waals surface area (Å²) in [5.74, 6) is -0.664. The van der Waals surface area contributed by atoms with E-state index in [4.69, 9.17) is 11.5 Å². The van der Waals surface area contributed by atoms with Crippen LogP contribution in [0.25, 0.3) is 0 Å². The van der Waals surface area contributed by atoms with Gasteiger partial charge in [0.2, 0.25) is 15.9 Å². The van der Waals surface area contributed by atoms with Crippen LogP contribution in [0.5, 0.6) is 0 Å². The van der Waals surface area contributed by atoms with Gasteiger partial charge in [-0.15, -0.1) is 0 Å². The molecule has 0 aliphatic heterocycles. The number of nitrogen functional groups attached to an aromatic ring is 1. The molecule has 0 heterocycles. The molecule has 1 aromatic carbocycles. The van der Waals surface area contributed by atoms with Gasteiger partial charge >= 0.3 is 0 Å². The highest BCUT2D eigenvalue weighted by Gasteiger charge is 2.23. The molecule has 8 nitrogen and oxygen atoms in total. The van der Waals surface area contributed by atoms with Gasteiger partial charge in [-0.2, -0.15) is 0 Å². The Morgan fingerprint density at radius 2 is 1.86 bits per heavy atom. The van der Waals surface area contributed by atoms with Crippen LogP contribution in [-0.4, -0.2) is 35.0 Å². The van der Waals surface area contributed by atoms with Crippen LogP contribution >= 0.6 is 0 Å². The van der Waals surface area contributed by atoms with Crippen LogP contribution in [0.2, 0.25) is 0 Å². The summed E-state index contributed by atoms with van der Waals surface area (Å²) in [6.07, 6.45) is 0.767. The van der Waals surface area contributed by atoms with Crippen molar-refractivity contribution in [3.8, 4) is 0 Å². The molecule has 1 atom stereocenters. The molecule has 0 aliphatic rings. The molecule has 1 rings (SSSR count). The van der Waals surface area contributed by atoms with E-state index in [1.54, 1.807) is 0 Å². The highest BCUT2D eigenvalue weighted by molar-refractivity contribution is 7.91. The number of rotatable bonds is 6. The Hall–Kier alpha value is -1.65. The summed E-state index contributed by atoms with van der Waals surface area (Å²) in [4.78, 5) is 10.2. The molecule has 1 unspecified atom stereocenters. The van der Waals surface area contributed by atoms with Crippen molar-refractivity contribution in [1.29, 1.82) is 0 Å². The van der Waals surface area contributed by atoms with Gasteiger partial charge in [-0.3, -0.25) is 4.79 Å². The van der Waals surface area contributed by atoms with Crippen LogP contribution in [0, 0.1) is 0 Å². The van der Waals surface area contributed by atoms with Crippen molar-refractivity contribution in [3.63, 3.8) is 0 Å². The first-order chi connectivity index (χ1) is 9.43. The molecule has 0 aromatic heterocycles. The number of sulfone groups is 1. The summed E-state index contributed by atoms with van der Waals surface area (Å²) in [6.45, 7) is 1.46. The summed E-state index contributed by atoms with van der Waals surface area (Å²) in [5, 5.41) is 0. The van der Waals surface area contributed by atoms with Gasteiger partial charge in [0.15, 0.2) is 9.84 Å². The maximum absolute atomic E-state index is 12.2. The molecular formula is C11H17N3O5S2. The summed E-state index contributed by atoms with van der Waals surface area (Å²) in [7, 11) is -7.64. The fraction of sp³-hybridized carbons (Fsp3) is 0.364. The van der Waals surface area contributed by atoms with Gasteiger partial charge in [0.05, 0.1) is 10.6 Å². The number of carbonyl (C=O) groups is 1. The molecular weight excluding hydrogens is 318 g/mol. The van der Waals surface area contributed by atoms with E-state index in [-0.39, 0.29) is 21.9 Å². The van der Waals surface area contributed by atoms with E-state index in [0.29, 0.717) is 0 Å². The Morgan fingerprint density at radius 3 is 2.33 bits per heavy atom. The quantitative estimate of drug-likeness (QED) is 0.580. The molecule has 21 heavy (non-hydrogen) atoms. The molecule has 1 aromatic rings. The lowest BCUT2D eigenvalue weighted by Gasteiger charge is -2.14. The van der Waals surface area contributed by atoms with Crippen molar-refractivity contribution in [2.45, 2.75) is 29.2 Å². The summed E-state index contributed by atoms with van der Waals surface area (Å²) >= 11 is 0. The molecule has 0 bridgehead atoms. The average molecular weight is 335 g/mol. The molecule has 0 saturated carbocycles. The molecule has 0 fully saturated rings. The van der Waals surface area contributed by atoms with Crippen molar-refractivity contribution in [2.75, 3.05) is 12.0 Å². The predicted octanol–water partition coefficient (Wildman–Crippen LogP) is -0.785. The lowest BCUT2D eigenvalue weighted by atomic mass is 10.2. The Bertz CT molecular complexity index is 756. The lowest BCUT2D eigenvalue weighted by molar-refractivity contribution is -0.118. The maximum Gasteiger partial charge on any atom is 0.242 e. The number of hydrogen-bond donors (Lipinski definition) is 3. The minimum Gasteiger partial charge on any atom is -0.398 e. The number of benzene rings is 1. The SMILES string of the molecule is CC(CC(N)=O)NS(=O)(=O)c1cc(S(C)(=O)=O)ccc1N. The van der Waals surface area contributed by atoms with Crippen molar-refractivity contribution in [1.82, 2.24) is 4.72 Å². The van der Waals surface area contributed by atoms with Crippen LogP contribution in [0.4, 0.5) is 5.69 Å². The molecule has 1 amide bonds. The average Bonchev–Trinajstić information content (AvgIpc) is 2.25. The second-order valence-corrected chi connectivity index (χ2v) is 8.36. The number of nitrogens with two attached hydrogens (primary N) is 2. The topological polar surface area (TPSA) is 149 Å². The lowest BCUT2D eigenvalue weighted by Crippen LogP contribution is -2.36. The second kappa shape index (κ2) is 6.00. The zero-order valence-electron chi connectivity index (χ0n) is 11.5. The molecule has 0 spiro atoms. The Kier molecular flexibility index (Phi) is 4.97.